The lowest BCUT2D eigenvalue weighted by molar-refractivity contribution is -0.137. The molecule has 5 amide bonds. The third kappa shape index (κ3) is 14.1. The first-order chi connectivity index (χ1) is 19.4. The summed E-state index contributed by atoms with van der Waals surface area (Å²) in [6, 6.07) is 6.12. The van der Waals surface area contributed by atoms with E-state index in [9.17, 15) is 24.0 Å². The van der Waals surface area contributed by atoms with Gasteiger partial charge in [-0.1, -0.05) is 58.0 Å². The van der Waals surface area contributed by atoms with Crippen LogP contribution in [0.5, 0.6) is 0 Å². The van der Waals surface area contributed by atoms with E-state index < -0.39 is 53.6 Å². The number of primary amides is 1. The standard InChI is InChI=1S/C29H48N6O6/c1-18(2)14-21(17-25(36)35-41)27(38)33-24(16-20-10-6-5-7-11-20)29(40)34-23(15-19(3)4)28(39)32-22(26(31)37)12-8-9-13-30/h5-7,10-11,18-19,21-24,41H,8-9,12-17,30H2,1-4H3,(H2,31,37)(H,32,39)(H,33,38)(H,34,40)(H,35,36)/t21-,22+,23+,24+/m1/s1. The Labute approximate surface area is 242 Å². The first-order valence-corrected chi connectivity index (χ1v) is 14.2. The monoisotopic (exact) mass is 576 g/mol. The van der Waals surface area contributed by atoms with E-state index in [1.807, 2.05) is 58.0 Å². The van der Waals surface area contributed by atoms with Gasteiger partial charge in [0.25, 0.3) is 0 Å². The minimum absolute atomic E-state index is 0.0184. The molecule has 1 aromatic rings. The largest absolute Gasteiger partial charge is 0.368 e. The van der Waals surface area contributed by atoms with E-state index in [2.05, 4.69) is 16.0 Å². The number of hydrogen-bond donors (Lipinski definition) is 7. The summed E-state index contributed by atoms with van der Waals surface area (Å²) in [5.41, 5.74) is 13.4. The van der Waals surface area contributed by atoms with Gasteiger partial charge in [0.05, 0.1) is 0 Å². The number of hydrogen-bond acceptors (Lipinski definition) is 7. The second-order valence-corrected chi connectivity index (χ2v) is 11.3. The van der Waals surface area contributed by atoms with Gasteiger partial charge in [-0.2, -0.15) is 0 Å². The molecule has 0 aliphatic carbocycles. The molecule has 0 heterocycles. The number of amides is 5. The average Bonchev–Trinajstić information content (AvgIpc) is 2.91. The van der Waals surface area contributed by atoms with Crippen molar-refractivity contribution in [1.29, 1.82) is 0 Å². The molecule has 0 spiro atoms. The maximum absolute atomic E-state index is 13.6. The summed E-state index contributed by atoms with van der Waals surface area (Å²) in [5, 5.41) is 17.2. The SMILES string of the molecule is CC(C)C[C@H](CC(=O)NO)C(=O)N[C@@H](Cc1ccccc1)C(=O)N[C@@H](CC(C)C)C(=O)N[C@@H](CCCCN)C(N)=O. The van der Waals surface area contributed by atoms with Gasteiger partial charge in [-0.25, -0.2) is 5.48 Å². The minimum atomic E-state index is -1.06. The average molecular weight is 577 g/mol. The van der Waals surface area contributed by atoms with Crippen LogP contribution in [0, 0.1) is 17.8 Å². The zero-order valence-corrected chi connectivity index (χ0v) is 24.7. The summed E-state index contributed by atoms with van der Waals surface area (Å²) < 4.78 is 0. The summed E-state index contributed by atoms with van der Waals surface area (Å²) in [4.78, 5) is 63.9. The molecule has 0 fully saturated rings. The van der Waals surface area contributed by atoms with Crippen molar-refractivity contribution in [2.75, 3.05) is 6.54 Å². The highest BCUT2D eigenvalue weighted by atomic mass is 16.5. The van der Waals surface area contributed by atoms with Crippen molar-refractivity contribution in [3.63, 3.8) is 0 Å². The molecule has 0 aromatic heterocycles. The normalized spacial score (nSPS) is 14.0. The van der Waals surface area contributed by atoms with Gasteiger partial charge < -0.3 is 27.4 Å². The maximum Gasteiger partial charge on any atom is 0.244 e. The molecular formula is C29H48N6O6. The van der Waals surface area contributed by atoms with Gasteiger partial charge in [0, 0.05) is 18.8 Å². The van der Waals surface area contributed by atoms with Crippen LogP contribution in [-0.4, -0.2) is 59.4 Å². The second-order valence-electron chi connectivity index (χ2n) is 11.3. The molecule has 4 atom stereocenters. The highest BCUT2D eigenvalue weighted by Crippen LogP contribution is 2.17. The molecule has 0 bridgehead atoms. The van der Waals surface area contributed by atoms with E-state index in [4.69, 9.17) is 16.7 Å². The first kappa shape index (κ1) is 35.5. The first-order valence-electron chi connectivity index (χ1n) is 14.2. The van der Waals surface area contributed by atoms with Crippen molar-refractivity contribution in [3.8, 4) is 0 Å². The van der Waals surface area contributed by atoms with E-state index in [1.54, 1.807) is 5.48 Å². The number of hydroxylamine groups is 1. The summed E-state index contributed by atoms with van der Waals surface area (Å²) in [5.74, 6) is -3.74. The number of rotatable bonds is 19. The number of unbranched alkanes of at least 4 members (excludes halogenated alkanes) is 1. The molecule has 0 unspecified atom stereocenters. The van der Waals surface area contributed by atoms with E-state index in [0.29, 0.717) is 32.2 Å². The highest BCUT2D eigenvalue weighted by molar-refractivity contribution is 5.94. The van der Waals surface area contributed by atoms with Crippen molar-refractivity contribution in [2.45, 2.75) is 90.8 Å². The van der Waals surface area contributed by atoms with Crippen LogP contribution in [0.3, 0.4) is 0 Å². The lowest BCUT2D eigenvalue weighted by atomic mass is 9.92. The van der Waals surface area contributed by atoms with E-state index in [0.717, 1.165) is 5.56 Å². The molecule has 1 rings (SSSR count). The molecule has 41 heavy (non-hydrogen) atoms. The Bertz CT molecular complexity index is 987. The van der Waals surface area contributed by atoms with Gasteiger partial charge in [0.15, 0.2) is 0 Å². The molecule has 0 saturated carbocycles. The Kier molecular flexibility index (Phi) is 16.3. The van der Waals surface area contributed by atoms with Crippen LogP contribution in [0.2, 0.25) is 0 Å². The summed E-state index contributed by atoms with van der Waals surface area (Å²) >= 11 is 0. The summed E-state index contributed by atoms with van der Waals surface area (Å²) in [6.07, 6.45) is 2.12. The Morgan fingerprint density at radius 1 is 0.780 bits per heavy atom. The number of nitrogens with one attached hydrogen (secondary N) is 4. The number of nitrogens with two attached hydrogens (primary N) is 2. The van der Waals surface area contributed by atoms with Crippen LogP contribution in [0.1, 0.15) is 71.8 Å². The van der Waals surface area contributed by atoms with Crippen molar-refractivity contribution in [2.24, 2.45) is 29.2 Å². The predicted octanol–water partition coefficient (Wildman–Crippen LogP) is 0.902. The molecule has 0 aliphatic rings. The van der Waals surface area contributed by atoms with E-state index in [1.165, 1.54) is 0 Å². The van der Waals surface area contributed by atoms with Crippen LogP contribution < -0.4 is 32.9 Å². The third-order valence-electron chi connectivity index (χ3n) is 6.55. The summed E-state index contributed by atoms with van der Waals surface area (Å²) in [7, 11) is 0. The van der Waals surface area contributed by atoms with Crippen LogP contribution in [0.4, 0.5) is 0 Å². The lowest BCUT2D eigenvalue weighted by Crippen LogP contribution is -2.57. The van der Waals surface area contributed by atoms with Crippen molar-refractivity contribution in [3.05, 3.63) is 35.9 Å². The molecular weight excluding hydrogens is 528 g/mol. The van der Waals surface area contributed by atoms with Crippen LogP contribution in [0.15, 0.2) is 30.3 Å². The fourth-order valence-electron chi connectivity index (χ4n) is 4.50. The van der Waals surface area contributed by atoms with Gasteiger partial charge in [-0.05, 0) is 56.0 Å². The zero-order chi connectivity index (χ0) is 30.9. The Hall–Kier alpha value is -3.51. The van der Waals surface area contributed by atoms with Gasteiger partial charge in [-0.15, -0.1) is 0 Å². The maximum atomic E-state index is 13.6. The third-order valence-corrected chi connectivity index (χ3v) is 6.55. The van der Waals surface area contributed by atoms with Crippen molar-refractivity contribution in [1.82, 2.24) is 21.4 Å². The molecule has 9 N–H and O–H groups in total. The number of carbonyl (C=O) groups is 5. The molecule has 0 radical (unpaired) electrons. The zero-order valence-electron chi connectivity index (χ0n) is 24.7. The Morgan fingerprint density at radius 2 is 1.34 bits per heavy atom. The topological polar surface area (TPSA) is 206 Å². The highest BCUT2D eigenvalue weighted by Gasteiger charge is 2.32. The minimum Gasteiger partial charge on any atom is -0.368 e. The molecule has 230 valence electrons. The van der Waals surface area contributed by atoms with E-state index >= 15 is 0 Å². The smallest absolute Gasteiger partial charge is 0.244 e. The van der Waals surface area contributed by atoms with Crippen molar-refractivity contribution >= 4 is 29.5 Å². The molecule has 12 heteroatoms. The second kappa shape index (κ2) is 18.8. The molecule has 0 aliphatic heterocycles. The summed E-state index contributed by atoms with van der Waals surface area (Å²) in [6.45, 7) is 8.03. The Balaban J connectivity index is 3.19. The predicted molar refractivity (Wildman–Crippen MR) is 155 cm³/mol. The van der Waals surface area contributed by atoms with Crippen LogP contribution in [-0.2, 0) is 30.4 Å². The Morgan fingerprint density at radius 3 is 1.88 bits per heavy atom. The van der Waals surface area contributed by atoms with Gasteiger partial charge in [0.2, 0.25) is 29.5 Å². The number of carbonyl (C=O) groups excluding carboxylic acids is 5. The quantitative estimate of drug-likeness (QED) is 0.0719. The van der Waals surface area contributed by atoms with Crippen LogP contribution in [0.25, 0.3) is 0 Å². The lowest BCUT2D eigenvalue weighted by Gasteiger charge is -2.27. The molecule has 12 nitrogen and oxygen atoms in total. The fraction of sp³-hybridized carbons (Fsp3) is 0.621. The van der Waals surface area contributed by atoms with Crippen molar-refractivity contribution < 1.29 is 29.2 Å². The van der Waals surface area contributed by atoms with Crippen LogP contribution >= 0.6 is 0 Å². The number of benzene rings is 1. The van der Waals surface area contributed by atoms with Gasteiger partial charge in [-0.3, -0.25) is 29.2 Å². The van der Waals surface area contributed by atoms with Gasteiger partial charge >= 0.3 is 0 Å². The van der Waals surface area contributed by atoms with Gasteiger partial charge in [0.1, 0.15) is 18.1 Å². The molecule has 1 aromatic carbocycles. The van der Waals surface area contributed by atoms with E-state index in [-0.39, 0.29) is 31.1 Å². The fourth-order valence-corrected chi connectivity index (χ4v) is 4.50. The molecule has 0 saturated heterocycles.